The van der Waals surface area contributed by atoms with Crippen LogP contribution in [0.4, 0.5) is 0 Å². The Balaban J connectivity index is 0. The molecule has 0 aliphatic rings. The van der Waals surface area contributed by atoms with Gasteiger partial charge in [0.1, 0.15) is 0 Å². The van der Waals surface area contributed by atoms with Gasteiger partial charge in [-0.1, -0.05) is 0 Å². The van der Waals surface area contributed by atoms with Gasteiger partial charge in [0.2, 0.25) is 0 Å². The van der Waals surface area contributed by atoms with E-state index < -0.39 is 36.1 Å². The molecule has 2 N–H and O–H groups in total. The standard InChI is InChI=1S/3C2H5.H2O4Se.Pb/c3*1-2;1-5(2,3)4;/h3*1H2,2H3;(H2,1,2,3,4);. The Kier molecular flexibility index (Phi) is 11.0. The fraction of sp³-hybridized carbons (Fsp3) is 1.00. The van der Waals surface area contributed by atoms with Crippen molar-refractivity contribution in [2.75, 3.05) is 0 Å². The quantitative estimate of drug-likeness (QED) is 0.639. The maximum absolute atomic E-state index is 8.82. The Hall–Kier alpha value is 0.962. The van der Waals surface area contributed by atoms with Gasteiger partial charge in [-0.25, -0.2) is 0 Å². The van der Waals surface area contributed by atoms with Crippen molar-refractivity contribution in [2.24, 2.45) is 0 Å². The molecule has 6 heteroatoms. The predicted molar refractivity (Wildman–Crippen MR) is 48.8 cm³/mol. The zero-order valence-corrected chi connectivity index (χ0v) is 13.3. The van der Waals surface area contributed by atoms with Crippen LogP contribution in [0.15, 0.2) is 0 Å². The molecule has 0 atom stereocenters. The zero-order valence-electron chi connectivity index (χ0n) is 7.74. The van der Waals surface area contributed by atoms with Gasteiger partial charge >= 0.3 is 84.8 Å². The van der Waals surface area contributed by atoms with E-state index in [4.69, 9.17) is 16.0 Å². The van der Waals surface area contributed by atoms with Crippen LogP contribution in [0.25, 0.3) is 0 Å². The van der Waals surface area contributed by atoms with E-state index in [1.807, 2.05) is 0 Å². The van der Waals surface area contributed by atoms with Gasteiger partial charge in [0.05, 0.1) is 0 Å². The Morgan fingerprint density at radius 3 is 1.17 bits per heavy atom. The van der Waals surface area contributed by atoms with Crippen LogP contribution in [0.1, 0.15) is 20.8 Å². The van der Waals surface area contributed by atoms with Crippen LogP contribution >= 0.6 is 0 Å². The third kappa shape index (κ3) is 22.4. The molecule has 0 bridgehead atoms. The molecule has 0 aromatic heterocycles. The molecular formula is C6H17O4PbSe. The second-order valence-electron chi connectivity index (χ2n) is 2.26. The second kappa shape index (κ2) is 8.55. The van der Waals surface area contributed by atoms with E-state index in [0.717, 1.165) is 0 Å². The van der Waals surface area contributed by atoms with Crippen molar-refractivity contribution in [3.05, 3.63) is 0 Å². The molecule has 0 amide bonds. The molecule has 0 unspecified atom stereocenters. The van der Waals surface area contributed by atoms with E-state index in [1.54, 1.807) is 11.9 Å². The molecule has 0 saturated heterocycles. The molecule has 0 heterocycles. The first kappa shape index (κ1) is 15.4. The topological polar surface area (TPSA) is 74.6 Å². The molecule has 0 saturated carbocycles. The van der Waals surface area contributed by atoms with Crippen molar-refractivity contribution in [3.8, 4) is 0 Å². The molecule has 0 aromatic carbocycles. The number of hydrogen-bond acceptors (Lipinski definition) is 2. The third-order valence-electron chi connectivity index (χ3n) is 1.50. The van der Waals surface area contributed by atoms with Gasteiger partial charge in [0, 0.05) is 0 Å². The van der Waals surface area contributed by atoms with E-state index >= 15 is 0 Å². The predicted octanol–water partition coefficient (Wildman–Crippen LogP) is 0.808. The molecule has 4 nitrogen and oxygen atoms in total. The molecular weight excluding hydrogens is 422 g/mol. The Morgan fingerprint density at radius 1 is 1.00 bits per heavy atom. The minimum atomic E-state index is -5.25. The average molecular weight is 439 g/mol. The van der Waals surface area contributed by atoms with Crippen LogP contribution in [0, 0.1) is 0 Å². The fourth-order valence-corrected chi connectivity index (χ4v) is 6.58. The van der Waals surface area contributed by atoms with Crippen LogP contribution in [0.5, 0.6) is 0 Å². The van der Waals surface area contributed by atoms with Crippen molar-refractivity contribution >= 4 is 36.1 Å². The Bertz CT molecular complexity index is 160. The number of rotatable bonds is 3. The average Bonchev–Trinajstić information content (AvgIpc) is 1.88. The Morgan fingerprint density at radius 2 is 1.17 bits per heavy atom. The van der Waals surface area contributed by atoms with Gasteiger partial charge in [-0.2, -0.15) is 0 Å². The summed E-state index contributed by atoms with van der Waals surface area (Å²) in [5, 5.41) is 0. The van der Waals surface area contributed by atoms with E-state index in [2.05, 4.69) is 20.8 Å². The minimum absolute atomic E-state index is 0.789. The fourth-order valence-electron chi connectivity index (χ4n) is 0.750. The monoisotopic (exact) mass is 441 g/mol. The van der Waals surface area contributed by atoms with Crippen LogP contribution in [0.2, 0.25) is 11.9 Å². The van der Waals surface area contributed by atoms with Crippen molar-refractivity contribution in [2.45, 2.75) is 32.7 Å². The maximum atomic E-state index is 8.82. The van der Waals surface area contributed by atoms with Crippen LogP contribution in [-0.2, 0) is 7.67 Å². The number of hydrogen-bond donors (Lipinski definition) is 2. The van der Waals surface area contributed by atoms with Gasteiger partial charge in [0.15, 0.2) is 0 Å². The summed E-state index contributed by atoms with van der Waals surface area (Å²) in [5.74, 6) is 0. The third-order valence-corrected chi connectivity index (χ3v) is 13.2. The summed E-state index contributed by atoms with van der Waals surface area (Å²) in [6.07, 6.45) is 0. The first-order valence-corrected chi connectivity index (χ1v) is 15.1. The summed E-state index contributed by atoms with van der Waals surface area (Å²) in [7, 11) is 0. The van der Waals surface area contributed by atoms with Crippen molar-refractivity contribution in [3.63, 3.8) is 0 Å². The summed E-state index contributed by atoms with van der Waals surface area (Å²) < 4.78 is 36.6. The van der Waals surface area contributed by atoms with Gasteiger partial charge in [-0.3, -0.25) is 0 Å². The molecule has 0 rings (SSSR count). The van der Waals surface area contributed by atoms with Crippen LogP contribution in [-0.4, -0.2) is 44.5 Å². The summed E-state index contributed by atoms with van der Waals surface area (Å²) in [4.78, 5) is 0. The Labute approximate surface area is 84.4 Å². The zero-order chi connectivity index (χ0) is 10.2. The molecule has 1 radical (unpaired) electrons. The van der Waals surface area contributed by atoms with Gasteiger partial charge in [-0.15, -0.1) is 0 Å². The van der Waals surface area contributed by atoms with Crippen molar-refractivity contribution < 1.29 is 16.0 Å². The van der Waals surface area contributed by atoms with Crippen LogP contribution < -0.4 is 0 Å². The molecule has 0 fully saturated rings. The molecule has 0 aliphatic carbocycles. The van der Waals surface area contributed by atoms with E-state index in [-0.39, 0.29) is 0 Å². The first-order chi connectivity index (χ1) is 5.35. The van der Waals surface area contributed by atoms with E-state index in [9.17, 15) is 0 Å². The van der Waals surface area contributed by atoms with Gasteiger partial charge in [-0.05, 0) is 0 Å². The van der Waals surface area contributed by atoms with Gasteiger partial charge < -0.3 is 0 Å². The van der Waals surface area contributed by atoms with E-state index in [0.29, 0.717) is 0 Å². The normalized spacial score (nSPS) is 10.8. The van der Waals surface area contributed by atoms with Gasteiger partial charge in [0.25, 0.3) is 0 Å². The van der Waals surface area contributed by atoms with E-state index in [1.165, 1.54) is 0 Å². The first-order valence-electron chi connectivity index (χ1n) is 3.88. The molecule has 12 heavy (non-hydrogen) atoms. The van der Waals surface area contributed by atoms with Crippen molar-refractivity contribution in [1.29, 1.82) is 0 Å². The SMILES string of the molecule is C[CH2][Pb]([CH2]C)[CH2]C.O=[Se](=O)(O)O. The second-order valence-corrected chi connectivity index (χ2v) is 18.2. The summed E-state index contributed by atoms with van der Waals surface area (Å²) >= 11 is -6.04. The molecule has 0 aliphatic heterocycles. The summed E-state index contributed by atoms with van der Waals surface area (Å²) in [6.45, 7) is 7.07. The molecule has 0 spiro atoms. The summed E-state index contributed by atoms with van der Waals surface area (Å²) in [5.41, 5.74) is 0. The molecule has 75 valence electrons. The summed E-state index contributed by atoms with van der Waals surface area (Å²) in [6, 6.07) is 0. The molecule has 0 aromatic rings. The van der Waals surface area contributed by atoms with Crippen molar-refractivity contribution in [1.82, 2.24) is 0 Å². The van der Waals surface area contributed by atoms with Crippen LogP contribution in [0.3, 0.4) is 0 Å².